The number of aromatic nitrogens is 6. The van der Waals surface area contributed by atoms with Crippen molar-refractivity contribution in [2.45, 2.75) is 20.3 Å². The van der Waals surface area contributed by atoms with Gasteiger partial charge in [-0.1, -0.05) is 6.92 Å². The molecule has 3 heterocycles. The molecule has 0 bridgehead atoms. The van der Waals surface area contributed by atoms with E-state index >= 15 is 0 Å². The highest BCUT2D eigenvalue weighted by Crippen LogP contribution is 2.24. The Kier molecular flexibility index (Phi) is 2.26. The Hall–Kier alpha value is -2.44. The van der Waals surface area contributed by atoms with Gasteiger partial charge in [0.15, 0.2) is 11.5 Å². The summed E-state index contributed by atoms with van der Waals surface area (Å²) >= 11 is 0. The number of aromatic amines is 1. The standard InChI is InChI=1S/C11H13N7/c1-3-7-9-10(12)15-16-11(9)18(17-7)8-4-6(2)13-5-14-8/h4-5H,3H2,1-2H3,(H3,12,15,16). The number of nitrogen functional groups attached to an aromatic ring is 1. The first-order valence-electron chi connectivity index (χ1n) is 5.71. The fraction of sp³-hybridized carbons (Fsp3) is 0.273. The summed E-state index contributed by atoms with van der Waals surface area (Å²) in [4.78, 5) is 8.28. The van der Waals surface area contributed by atoms with Crippen LogP contribution >= 0.6 is 0 Å². The Bertz CT molecular complexity index is 709. The molecular weight excluding hydrogens is 230 g/mol. The zero-order valence-corrected chi connectivity index (χ0v) is 10.2. The van der Waals surface area contributed by atoms with Gasteiger partial charge in [-0.15, -0.1) is 0 Å². The molecule has 0 amide bonds. The number of nitrogens with one attached hydrogen (secondary N) is 1. The molecule has 0 fully saturated rings. The largest absolute Gasteiger partial charge is 0.383 e. The van der Waals surface area contributed by atoms with Gasteiger partial charge in [0.05, 0.1) is 11.1 Å². The number of fused-ring (bicyclic) bond motifs is 1. The van der Waals surface area contributed by atoms with Crippen molar-refractivity contribution in [3.63, 3.8) is 0 Å². The van der Waals surface area contributed by atoms with Crippen LogP contribution in [0.25, 0.3) is 16.9 Å². The minimum Gasteiger partial charge on any atom is -0.383 e. The summed E-state index contributed by atoms with van der Waals surface area (Å²) in [6, 6.07) is 1.86. The van der Waals surface area contributed by atoms with Crippen LogP contribution < -0.4 is 5.73 Å². The van der Waals surface area contributed by atoms with Crippen molar-refractivity contribution in [3.8, 4) is 5.82 Å². The zero-order valence-electron chi connectivity index (χ0n) is 10.2. The van der Waals surface area contributed by atoms with Gasteiger partial charge in [0.1, 0.15) is 12.1 Å². The van der Waals surface area contributed by atoms with Crippen LogP contribution in [0.15, 0.2) is 12.4 Å². The number of nitrogens with two attached hydrogens (primary N) is 1. The lowest BCUT2D eigenvalue weighted by Crippen LogP contribution is -2.02. The van der Waals surface area contributed by atoms with Gasteiger partial charge in [-0.25, -0.2) is 9.97 Å². The molecule has 0 aliphatic heterocycles. The zero-order chi connectivity index (χ0) is 12.7. The van der Waals surface area contributed by atoms with Gasteiger partial charge in [0.2, 0.25) is 0 Å². The van der Waals surface area contributed by atoms with E-state index in [4.69, 9.17) is 5.73 Å². The van der Waals surface area contributed by atoms with E-state index in [0.717, 1.165) is 23.2 Å². The van der Waals surface area contributed by atoms with Gasteiger partial charge < -0.3 is 5.73 Å². The SMILES string of the molecule is CCc1nn(-c2cc(C)ncn2)c2n[nH]c(N)c12. The van der Waals surface area contributed by atoms with E-state index < -0.39 is 0 Å². The molecule has 0 aliphatic carbocycles. The molecule has 3 aromatic rings. The highest BCUT2D eigenvalue weighted by atomic mass is 15.4. The second kappa shape index (κ2) is 3.80. The fourth-order valence-electron chi connectivity index (χ4n) is 1.96. The molecule has 0 saturated heterocycles. The summed E-state index contributed by atoms with van der Waals surface area (Å²) in [6.07, 6.45) is 2.30. The molecule has 0 aliphatic rings. The van der Waals surface area contributed by atoms with Crippen LogP contribution in [0.3, 0.4) is 0 Å². The number of nitrogens with zero attached hydrogens (tertiary/aromatic N) is 5. The lowest BCUT2D eigenvalue weighted by molar-refractivity contribution is 0.812. The van der Waals surface area contributed by atoms with Crippen LogP contribution in [0.2, 0.25) is 0 Å². The first-order chi connectivity index (χ1) is 8.70. The average molecular weight is 243 g/mol. The predicted octanol–water partition coefficient (Wildman–Crippen LogP) is 0.992. The number of rotatable bonds is 2. The van der Waals surface area contributed by atoms with Crippen molar-refractivity contribution in [1.82, 2.24) is 29.9 Å². The van der Waals surface area contributed by atoms with Crippen LogP contribution in [0.4, 0.5) is 5.82 Å². The lowest BCUT2D eigenvalue weighted by atomic mass is 10.2. The molecule has 0 saturated carbocycles. The summed E-state index contributed by atoms with van der Waals surface area (Å²) in [5, 5.41) is 12.3. The van der Waals surface area contributed by atoms with Crippen LogP contribution in [0.5, 0.6) is 0 Å². The van der Waals surface area contributed by atoms with E-state index in [1.807, 2.05) is 19.9 Å². The van der Waals surface area contributed by atoms with Crippen molar-refractivity contribution >= 4 is 16.9 Å². The topological polar surface area (TPSA) is 98.3 Å². The molecule has 0 aromatic carbocycles. The van der Waals surface area contributed by atoms with Crippen LogP contribution in [0, 0.1) is 6.92 Å². The van der Waals surface area contributed by atoms with Crippen molar-refractivity contribution in [2.24, 2.45) is 0 Å². The smallest absolute Gasteiger partial charge is 0.188 e. The molecule has 92 valence electrons. The highest BCUT2D eigenvalue weighted by Gasteiger charge is 2.17. The molecular formula is C11H13N7. The molecule has 0 unspecified atom stereocenters. The van der Waals surface area contributed by atoms with E-state index in [1.54, 1.807) is 4.68 Å². The highest BCUT2D eigenvalue weighted by molar-refractivity contribution is 5.89. The van der Waals surface area contributed by atoms with Gasteiger partial charge in [0.25, 0.3) is 0 Å². The van der Waals surface area contributed by atoms with Crippen LogP contribution in [0.1, 0.15) is 18.3 Å². The van der Waals surface area contributed by atoms with Crippen LogP contribution in [-0.2, 0) is 6.42 Å². The number of hydrogen-bond acceptors (Lipinski definition) is 5. The molecule has 3 rings (SSSR count). The molecule has 3 N–H and O–H groups in total. The number of H-pyrrole nitrogens is 1. The second-order valence-electron chi connectivity index (χ2n) is 4.07. The lowest BCUT2D eigenvalue weighted by Gasteiger charge is -2.00. The maximum Gasteiger partial charge on any atom is 0.188 e. The number of anilines is 1. The van der Waals surface area contributed by atoms with Crippen molar-refractivity contribution in [1.29, 1.82) is 0 Å². The van der Waals surface area contributed by atoms with E-state index in [2.05, 4.69) is 25.3 Å². The Labute approximate surface area is 103 Å². The third kappa shape index (κ3) is 1.44. The third-order valence-corrected chi connectivity index (χ3v) is 2.83. The first-order valence-corrected chi connectivity index (χ1v) is 5.71. The summed E-state index contributed by atoms with van der Waals surface area (Å²) in [7, 11) is 0. The minimum absolute atomic E-state index is 0.541. The predicted molar refractivity (Wildman–Crippen MR) is 67.3 cm³/mol. The minimum atomic E-state index is 0.541. The molecule has 0 spiro atoms. The van der Waals surface area contributed by atoms with Crippen molar-refractivity contribution < 1.29 is 0 Å². The van der Waals surface area contributed by atoms with Gasteiger partial charge >= 0.3 is 0 Å². The molecule has 3 aromatic heterocycles. The Morgan fingerprint density at radius 3 is 2.94 bits per heavy atom. The van der Waals surface area contributed by atoms with E-state index in [-0.39, 0.29) is 0 Å². The summed E-state index contributed by atoms with van der Waals surface area (Å²) in [6.45, 7) is 3.94. The van der Waals surface area contributed by atoms with Crippen molar-refractivity contribution in [2.75, 3.05) is 5.73 Å². The molecule has 18 heavy (non-hydrogen) atoms. The Morgan fingerprint density at radius 1 is 1.39 bits per heavy atom. The van der Waals surface area contributed by atoms with E-state index in [0.29, 0.717) is 17.3 Å². The first kappa shape index (κ1) is 10.7. The Balaban J connectivity index is 2.29. The third-order valence-electron chi connectivity index (χ3n) is 2.83. The molecule has 7 heteroatoms. The quantitative estimate of drug-likeness (QED) is 0.699. The van der Waals surface area contributed by atoms with Gasteiger partial charge in [0, 0.05) is 11.8 Å². The number of aryl methyl sites for hydroxylation is 2. The maximum absolute atomic E-state index is 5.87. The second-order valence-corrected chi connectivity index (χ2v) is 4.07. The normalized spacial score (nSPS) is 11.2. The van der Waals surface area contributed by atoms with Gasteiger partial charge in [-0.3, -0.25) is 5.10 Å². The number of hydrogen-bond donors (Lipinski definition) is 2. The summed E-state index contributed by atoms with van der Waals surface area (Å²) in [5.41, 5.74) is 8.36. The van der Waals surface area contributed by atoms with Gasteiger partial charge in [-0.05, 0) is 13.3 Å². The van der Waals surface area contributed by atoms with Crippen molar-refractivity contribution in [3.05, 3.63) is 23.8 Å². The van der Waals surface area contributed by atoms with Crippen LogP contribution in [-0.4, -0.2) is 29.9 Å². The monoisotopic (exact) mass is 243 g/mol. The summed E-state index contributed by atoms with van der Waals surface area (Å²) in [5.74, 6) is 1.23. The maximum atomic E-state index is 5.87. The van der Waals surface area contributed by atoms with E-state index in [9.17, 15) is 0 Å². The average Bonchev–Trinajstić information content (AvgIpc) is 2.90. The Morgan fingerprint density at radius 2 is 2.22 bits per heavy atom. The molecule has 0 radical (unpaired) electrons. The fourth-order valence-corrected chi connectivity index (χ4v) is 1.96. The van der Waals surface area contributed by atoms with E-state index in [1.165, 1.54) is 6.33 Å². The molecule has 0 atom stereocenters. The molecule has 7 nitrogen and oxygen atoms in total. The van der Waals surface area contributed by atoms with Gasteiger partial charge in [-0.2, -0.15) is 14.9 Å². The summed E-state index contributed by atoms with van der Waals surface area (Å²) < 4.78 is 1.69.